The summed E-state index contributed by atoms with van der Waals surface area (Å²) in [7, 11) is 1.68. The lowest BCUT2D eigenvalue weighted by molar-refractivity contribution is 0.414. The Bertz CT molecular complexity index is 555. The first-order chi connectivity index (χ1) is 10.2. The summed E-state index contributed by atoms with van der Waals surface area (Å²) in [6, 6.07) is 8.24. The lowest BCUT2D eigenvalue weighted by Crippen LogP contribution is -2.23. The molecule has 0 aliphatic carbocycles. The van der Waals surface area contributed by atoms with Crippen LogP contribution in [0.25, 0.3) is 0 Å². The van der Waals surface area contributed by atoms with Gasteiger partial charge in [0.15, 0.2) is 5.82 Å². The van der Waals surface area contributed by atoms with Crippen molar-refractivity contribution in [3.8, 4) is 5.75 Å². The standard InChI is InChI=1S/C15H23N5O/c1-4-9-16-12(2)15-17-18-19-20(15)10-8-13-6-5-7-14(11-13)21-3/h5-7,11-12,16H,4,8-10H2,1-3H3. The summed E-state index contributed by atoms with van der Waals surface area (Å²) in [5, 5.41) is 15.4. The number of aromatic nitrogens is 4. The highest BCUT2D eigenvalue weighted by atomic mass is 16.5. The van der Waals surface area contributed by atoms with Crippen molar-refractivity contribution >= 4 is 0 Å². The number of nitrogens with zero attached hydrogens (tertiary/aromatic N) is 4. The first-order valence-electron chi connectivity index (χ1n) is 7.37. The van der Waals surface area contributed by atoms with Gasteiger partial charge in [0.05, 0.1) is 13.2 Å². The molecule has 0 aliphatic heterocycles. The van der Waals surface area contributed by atoms with Crippen LogP contribution < -0.4 is 10.1 Å². The zero-order valence-corrected chi connectivity index (χ0v) is 12.9. The Morgan fingerprint density at radius 3 is 3.00 bits per heavy atom. The Morgan fingerprint density at radius 2 is 2.24 bits per heavy atom. The van der Waals surface area contributed by atoms with E-state index in [4.69, 9.17) is 4.74 Å². The predicted octanol–water partition coefficient (Wildman–Crippen LogP) is 1.98. The Balaban J connectivity index is 1.98. The van der Waals surface area contributed by atoms with Crippen LogP contribution in [0.3, 0.4) is 0 Å². The number of methoxy groups -OCH3 is 1. The number of aryl methyl sites for hydroxylation is 2. The van der Waals surface area contributed by atoms with Gasteiger partial charge in [0.1, 0.15) is 5.75 Å². The van der Waals surface area contributed by atoms with Gasteiger partial charge in [-0.2, -0.15) is 0 Å². The fourth-order valence-corrected chi connectivity index (χ4v) is 2.20. The molecule has 1 heterocycles. The van der Waals surface area contributed by atoms with E-state index in [1.54, 1.807) is 7.11 Å². The monoisotopic (exact) mass is 289 g/mol. The summed E-state index contributed by atoms with van der Waals surface area (Å²) < 4.78 is 7.11. The molecule has 0 amide bonds. The van der Waals surface area contributed by atoms with Crippen LogP contribution >= 0.6 is 0 Å². The number of hydrogen-bond donors (Lipinski definition) is 1. The third kappa shape index (κ3) is 4.26. The second kappa shape index (κ2) is 7.73. The Labute approximate surface area is 125 Å². The lowest BCUT2D eigenvalue weighted by Gasteiger charge is -2.13. The van der Waals surface area contributed by atoms with Gasteiger partial charge >= 0.3 is 0 Å². The van der Waals surface area contributed by atoms with Crippen molar-refractivity contribution in [3.63, 3.8) is 0 Å². The molecule has 1 aromatic heterocycles. The summed E-state index contributed by atoms with van der Waals surface area (Å²) in [4.78, 5) is 0. The third-order valence-electron chi connectivity index (χ3n) is 3.39. The van der Waals surface area contributed by atoms with Gasteiger partial charge in [0.25, 0.3) is 0 Å². The van der Waals surface area contributed by atoms with Crippen molar-refractivity contribution in [1.82, 2.24) is 25.5 Å². The molecule has 1 atom stereocenters. The summed E-state index contributed by atoms with van der Waals surface area (Å²) >= 11 is 0. The molecule has 1 unspecified atom stereocenters. The molecular weight excluding hydrogens is 266 g/mol. The van der Waals surface area contributed by atoms with E-state index in [0.717, 1.165) is 37.5 Å². The van der Waals surface area contributed by atoms with Crippen LogP contribution in [0.5, 0.6) is 5.75 Å². The second-order valence-corrected chi connectivity index (χ2v) is 5.04. The maximum atomic E-state index is 5.24. The van der Waals surface area contributed by atoms with Gasteiger partial charge in [0.2, 0.25) is 0 Å². The van der Waals surface area contributed by atoms with Crippen LogP contribution in [0.15, 0.2) is 24.3 Å². The van der Waals surface area contributed by atoms with Crippen LogP contribution in [-0.4, -0.2) is 33.9 Å². The molecule has 0 fully saturated rings. The van der Waals surface area contributed by atoms with Crippen molar-refractivity contribution in [1.29, 1.82) is 0 Å². The van der Waals surface area contributed by atoms with E-state index in [0.29, 0.717) is 0 Å². The number of benzene rings is 1. The fourth-order valence-electron chi connectivity index (χ4n) is 2.20. The quantitative estimate of drug-likeness (QED) is 0.805. The first kappa shape index (κ1) is 15.4. The van der Waals surface area contributed by atoms with E-state index in [1.807, 2.05) is 22.9 Å². The van der Waals surface area contributed by atoms with Crippen LogP contribution in [0.2, 0.25) is 0 Å². The van der Waals surface area contributed by atoms with E-state index in [1.165, 1.54) is 5.56 Å². The van der Waals surface area contributed by atoms with Gasteiger partial charge in [0, 0.05) is 6.54 Å². The maximum Gasteiger partial charge on any atom is 0.167 e. The molecule has 1 N–H and O–H groups in total. The number of hydrogen-bond acceptors (Lipinski definition) is 5. The smallest absolute Gasteiger partial charge is 0.167 e. The maximum absolute atomic E-state index is 5.24. The molecular formula is C15H23N5O. The van der Waals surface area contributed by atoms with Gasteiger partial charge in [-0.3, -0.25) is 0 Å². The van der Waals surface area contributed by atoms with Crippen molar-refractivity contribution < 1.29 is 4.74 Å². The number of tetrazole rings is 1. The molecule has 0 saturated carbocycles. The molecule has 2 rings (SSSR count). The van der Waals surface area contributed by atoms with Gasteiger partial charge in [-0.15, -0.1) is 5.10 Å². The number of ether oxygens (including phenoxy) is 1. The minimum Gasteiger partial charge on any atom is -0.497 e. The van der Waals surface area contributed by atoms with Crippen LogP contribution in [0.1, 0.15) is 37.7 Å². The van der Waals surface area contributed by atoms with Crippen molar-refractivity contribution in [3.05, 3.63) is 35.7 Å². The second-order valence-electron chi connectivity index (χ2n) is 5.04. The highest BCUT2D eigenvalue weighted by Gasteiger charge is 2.13. The largest absolute Gasteiger partial charge is 0.497 e. The number of rotatable bonds is 8. The van der Waals surface area contributed by atoms with E-state index < -0.39 is 0 Å². The molecule has 114 valence electrons. The Morgan fingerprint density at radius 1 is 1.38 bits per heavy atom. The van der Waals surface area contributed by atoms with Gasteiger partial charge in [-0.25, -0.2) is 4.68 Å². The highest BCUT2D eigenvalue weighted by Crippen LogP contribution is 2.14. The predicted molar refractivity (Wildman–Crippen MR) is 81.2 cm³/mol. The van der Waals surface area contributed by atoms with E-state index in [-0.39, 0.29) is 6.04 Å². The summed E-state index contributed by atoms with van der Waals surface area (Å²) in [5.41, 5.74) is 1.21. The molecule has 21 heavy (non-hydrogen) atoms. The van der Waals surface area contributed by atoms with Crippen molar-refractivity contribution in [2.24, 2.45) is 0 Å². The van der Waals surface area contributed by atoms with Gasteiger partial charge < -0.3 is 10.1 Å². The molecule has 2 aromatic rings. The molecule has 0 bridgehead atoms. The Kier molecular flexibility index (Phi) is 5.68. The summed E-state index contributed by atoms with van der Waals surface area (Å²) in [6.45, 7) is 5.95. The SMILES string of the molecule is CCCNC(C)c1nnnn1CCc1cccc(OC)c1. The van der Waals surface area contributed by atoms with E-state index in [2.05, 4.69) is 40.8 Å². The average Bonchev–Trinajstić information content (AvgIpc) is 2.99. The average molecular weight is 289 g/mol. The Hall–Kier alpha value is -1.95. The molecule has 0 radical (unpaired) electrons. The first-order valence-corrected chi connectivity index (χ1v) is 7.37. The van der Waals surface area contributed by atoms with E-state index in [9.17, 15) is 0 Å². The topological polar surface area (TPSA) is 64.9 Å². The zero-order chi connectivity index (χ0) is 15.1. The van der Waals surface area contributed by atoms with Crippen molar-refractivity contribution in [2.45, 2.75) is 39.3 Å². The van der Waals surface area contributed by atoms with Gasteiger partial charge in [-0.1, -0.05) is 19.1 Å². The minimum atomic E-state index is 0.158. The van der Waals surface area contributed by atoms with Crippen LogP contribution in [0.4, 0.5) is 0 Å². The van der Waals surface area contributed by atoms with Crippen molar-refractivity contribution in [2.75, 3.05) is 13.7 Å². The molecule has 0 aliphatic rings. The molecule has 0 spiro atoms. The zero-order valence-electron chi connectivity index (χ0n) is 12.9. The molecule has 0 saturated heterocycles. The molecule has 6 nitrogen and oxygen atoms in total. The van der Waals surface area contributed by atoms with Crippen LogP contribution in [-0.2, 0) is 13.0 Å². The highest BCUT2D eigenvalue weighted by molar-refractivity contribution is 5.28. The molecule has 6 heteroatoms. The molecule has 1 aromatic carbocycles. The normalized spacial score (nSPS) is 12.3. The number of nitrogens with one attached hydrogen (secondary N) is 1. The lowest BCUT2D eigenvalue weighted by atomic mass is 10.1. The fraction of sp³-hybridized carbons (Fsp3) is 0.533. The third-order valence-corrected chi connectivity index (χ3v) is 3.39. The summed E-state index contributed by atoms with van der Waals surface area (Å²) in [6.07, 6.45) is 1.96. The minimum absolute atomic E-state index is 0.158. The van der Waals surface area contributed by atoms with E-state index >= 15 is 0 Å². The summed E-state index contributed by atoms with van der Waals surface area (Å²) in [5.74, 6) is 1.76. The van der Waals surface area contributed by atoms with Crippen LogP contribution in [0, 0.1) is 0 Å². The van der Waals surface area contributed by atoms with Gasteiger partial charge in [-0.05, 0) is 54.4 Å².